The maximum atomic E-state index is 9.55. The predicted octanol–water partition coefficient (Wildman–Crippen LogP) is 1.78. The Morgan fingerprint density at radius 2 is 1.82 bits per heavy atom. The van der Waals surface area contributed by atoms with Crippen LogP contribution in [0.3, 0.4) is 0 Å². The lowest BCUT2D eigenvalue weighted by molar-refractivity contribution is 0.0538. The molecule has 0 amide bonds. The van der Waals surface area contributed by atoms with Crippen molar-refractivity contribution in [2.75, 3.05) is 33.5 Å². The van der Waals surface area contributed by atoms with Crippen LogP contribution in [0, 0.1) is 0 Å². The standard InChI is InChI=1S/C13H20O4/c1-11(14)12-5-3-4-6-13(12)17-10-9-16-8-7-15-2/h3-6,11,14H,7-10H2,1-2H3. The number of aliphatic hydroxyl groups is 1. The van der Waals surface area contributed by atoms with E-state index in [4.69, 9.17) is 14.2 Å². The van der Waals surface area contributed by atoms with E-state index in [-0.39, 0.29) is 0 Å². The summed E-state index contributed by atoms with van der Waals surface area (Å²) in [6, 6.07) is 7.46. The molecular weight excluding hydrogens is 220 g/mol. The van der Waals surface area contributed by atoms with Gasteiger partial charge in [0.25, 0.3) is 0 Å². The van der Waals surface area contributed by atoms with Gasteiger partial charge in [-0.15, -0.1) is 0 Å². The zero-order chi connectivity index (χ0) is 12.5. The van der Waals surface area contributed by atoms with E-state index in [1.54, 1.807) is 14.0 Å². The molecule has 96 valence electrons. The van der Waals surface area contributed by atoms with Crippen LogP contribution in [-0.2, 0) is 9.47 Å². The largest absolute Gasteiger partial charge is 0.491 e. The first-order valence-electron chi connectivity index (χ1n) is 5.72. The molecule has 0 bridgehead atoms. The van der Waals surface area contributed by atoms with Gasteiger partial charge in [-0.05, 0) is 13.0 Å². The predicted molar refractivity (Wildman–Crippen MR) is 65.3 cm³/mol. The van der Waals surface area contributed by atoms with Gasteiger partial charge in [0.2, 0.25) is 0 Å². The first-order chi connectivity index (χ1) is 8.25. The van der Waals surface area contributed by atoms with Crippen LogP contribution >= 0.6 is 0 Å². The number of benzene rings is 1. The second-order valence-corrected chi connectivity index (χ2v) is 3.67. The van der Waals surface area contributed by atoms with E-state index >= 15 is 0 Å². The second-order valence-electron chi connectivity index (χ2n) is 3.67. The highest BCUT2D eigenvalue weighted by Gasteiger charge is 2.07. The molecule has 0 saturated carbocycles. The first-order valence-corrected chi connectivity index (χ1v) is 5.72. The van der Waals surface area contributed by atoms with E-state index in [1.807, 2.05) is 24.3 Å². The molecule has 1 aromatic carbocycles. The van der Waals surface area contributed by atoms with E-state index < -0.39 is 6.10 Å². The van der Waals surface area contributed by atoms with Crippen LogP contribution < -0.4 is 4.74 Å². The van der Waals surface area contributed by atoms with E-state index in [0.29, 0.717) is 32.2 Å². The molecule has 17 heavy (non-hydrogen) atoms. The minimum Gasteiger partial charge on any atom is -0.491 e. The maximum Gasteiger partial charge on any atom is 0.125 e. The van der Waals surface area contributed by atoms with Crippen LogP contribution in [0.25, 0.3) is 0 Å². The Morgan fingerprint density at radius 3 is 2.53 bits per heavy atom. The van der Waals surface area contributed by atoms with Crippen LogP contribution in [0.5, 0.6) is 5.75 Å². The van der Waals surface area contributed by atoms with E-state index in [2.05, 4.69) is 0 Å². The number of aliphatic hydroxyl groups excluding tert-OH is 1. The molecule has 1 aromatic rings. The smallest absolute Gasteiger partial charge is 0.125 e. The molecule has 0 radical (unpaired) electrons. The van der Waals surface area contributed by atoms with Crippen molar-refractivity contribution in [2.24, 2.45) is 0 Å². The van der Waals surface area contributed by atoms with Gasteiger partial charge >= 0.3 is 0 Å². The lowest BCUT2D eigenvalue weighted by Crippen LogP contribution is -2.11. The van der Waals surface area contributed by atoms with Crippen molar-refractivity contribution in [1.82, 2.24) is 0 Å². The zero-order valence-corrected chi connectivity index (χ0v) is 10.4. The highest BCUT2D eigenvalue weighted by atomic mass is 16.5. The second kappa shape index (κ2) is 8.06. The van der Waals surface area contributed by atoms with Crippen molar-refractivity contribution in [3.63, 3.8) is 0 Å². The van der Waals surface area contributed by atoms with Gasteiger partial charge in [0.1, 0.15) is 12.4 Å². The van der Waals surface area contributed by atoms with Crippen molar-refractivity contribution in [1.29, 1.82) is 0 Å². The number of methoxy groups -OCH3 is 1. The van der Waals surface area contributed by atoms with Gasteiger partial charge in [0.05, 0.1) is 25.9 Å². The fourth-order valence-corrected chi connectivity index (χ4v) is 1.41. The number of ether oxygens (including phenoxy) is 3. The fourth-order valence-electron chi connectivity index (χ4n) is 1.41. The molecule has 0 aliphatic rings. The summed E-state index contributed by atoms with van der Waals surface area (Å²) in [4.78, 5) is 0. The molecule has 0 spiro atoms. The van der Waals surface area contributed by atoms with E-state index in [1.165, 1.54) is 0 Å². The molecule has 4 heteroatoms. The molecule has 1 atom stereocenters. The topological polar surface area (TPSA) is 47.9 Å². The average molecular weight is 240 g/mol. The minimum absolute atomic E-state index is 0.466. The Bertz CT molecular complexity index is 312. The summed E-state index contributed by atoms with van der Waals surface area (Å²) < 4.78 is 15.7. The van der Waals surface area contributed by atoms with Gasteiger partial charge in [0, 0.05) is 12.7 Å². The van der Waals surface area contributed by atoms with Gasteiger partial charge in [-0.25, -0.2) is 0 Å². The Morgan fingerprint density at radius 1 is 1.12 bits per heavy atom. The molecule has 0 saturated heterocycles. The quantitative estimate of drug-likeness (QED) is 0.704. The van der Waals surface area contributed by atoms with Crippen LogP contribution in [0.15, 0.2) is 24.3 Å². The summed E-state index contributed by atoms with van der Waals surface area (Å²) in [6.45, 7) is 3.85. The van der Waals surface area contributed by atoms with Crippen molar-refractivity contribution < 1.29 is 19.3 Å². The van der Waals surface area contributed by atoms with Gasteiger partial charge < -0.3 is 19.3 Å². The Labute approximate surface area is 102 Å². The monoisotopic (exact) mass is 240 g/mol. The van der Waals surface area contributed by atoms with Crippen molar-refractivity contribution in [2.45, 2.75) is 13.0 Å². The highest BCUT2D eigenvalue weighted by molar-refractivity contribution is 5.34. The maximum absolute atomic E-state index is 9.55. The van der Waals surface area contributed by atoms with Crippen molar-refractivity contribution >= 4 is 0 Å². The highest BCUT2D eigenvalue weighted by Crippen LogP contribution is 2.24. The Hall–Kier alpha value is -1.10. The molecular formula is C13H20O4. The van der Waals surface area contributed by atoms with E-state index in [0.717, 1.165) is 5.56 Å². The molecule has 1 N–H and O–H groups in total. The number of hydrogen-bond donors (Lipinski definition) is 1. The lowest BCUT2D eigenvalue weighted by Gasteiger charge is -2.13. The van der Waals surface area contributed by atoms with Gasteiger partial charge in [-0.3, -0.25) is 0 Å². The van der Waals surface area contributed by atoms with Crippen LogP contribution in [0.1, 0.15) is 18.6 Å². The van der Waals surface area contributed by atoms with Crippen molar-refractivity contribution in [3.05, 3.63) is 29.8 Å². The summed E-state index contributed by atoms with van der Waals surface area (Å²) in [7, 11) is 1.64. The Balaban J connectivity index is 2.31. The number of hydrogen-bond acceptors (Lipinski definition) is 4. The SMILES string of the molecule is COCCOCCOc1ccccc1C(C)O. The van der Waals surface area contributed by atoms with Crippen LogP contribution in [-0.4, -0.2) is 38.6 Å². The third kappa shape index (κ3) is 5.17. The third-order valence-electron chi connectivity index (χ3n) is 2.29. The van der Waals surface area contributed by atoms with Crippen molar-refractivity contribution in [3.8, 4) is 5.75 Å². The molecule has 0 heterocycles. The average Bonchev–Trinajstić information content (AvgIpc) is 2.34. The minimum atomic E-state index is -0.527. The number of rotatable bonds is 8. The summed E-state index contributed by atoms with van der Waals surface area (Å²) in [5, 5.41) is 9.55. The third-order valence-corrected chi connectivity index (χ3v) is 2.29. The fraction of sp³-hybridized carbons (Fsp3) is 0.538. The van der Waals surface area contributed by atoms with Crippen LogP contribution in [0.4, 0.5) is 0 Å². The molecule has 0 aromatic heterocycles. The normalized spacial score (nSPS) is 12.4. The summed E-state index contributed by atoms with van der Waals surface area (Å²) in [5.74, 6) is 0.706. The van der Waals surface area contributed by atoms with Gasteiger partial charge in [0.15, 0.2) is 0 Å². The van der Waals surface area contributed by atoms with Crippen LogP contribution in [0.2, 0.25) is 0 Å². The summed E-state index contributed by atoms with van der Waals surface area (Å²) >= 11 is 0. The summed E-state index contributed by atoms with van der Waals surface area (Å²) in [6.07, 6.45) is -0.527. The lowest BCUT2D eigenvalue weighted by atomic mass is 10.1. The van der Waals surface area contributed by atoms with E-state index in [9.17, 15) is 5.11 Å². The zero-order valence-electron chi connectivity index (χ0n) is 10.4. The first kappa shape index (κ1) is 14.0. The molecule has 0 aliphatic carbocycles. The molecule has 1 unspecified atom stereocenters. The molecule has 1 rings (SSSR count). The molecule has 0 fully saturated rings. The molecule has 4 nitrogen and oxygen atoms in total. The van der Waals surface area contributed by atoms with Gasteiger partial charge in [-0.2, -0.15) is 0 Å². The Kier molecular flexibility index (Phi) is 6.62. The number of para-hydroxylation sites is 1. The molecule has 0 aliphatic heterocycles. The van der Waals surface area contributed by atoms with Gasteiger partial charge in [-0.1, -0.05) is 18.2 Å². The summed E-state index contributed by atoms with van der Waals surface area (Å²) in [5.41, 5.74) is 0.796.